The predicted molar refractivity (Wildman–Crippen MR) is 247 cm³/mol. The van der Waals surface area contributed by atoms with E-state index >= 15 is 0 Å². The average molecular weight is 794 g/mol. The van der Waals surface area contributed by atoms with E-state index < -0.39 is 0 Å². The van der Waals surface area contributed by atoms with Crippen LogP contribution >= 0.6 is 0 Å². The Labute approximate surface area is 359 Å². The van der Waals surface area contributed by atoms with Gasteiger partial charge in [-0.2, -0.15) is 5.26 Å². The summed E-state index contributed by atoms with van der Waals surface area (Å²) in [6, 6.07) is 72.9. The topological polar surface area (TPSA) is 101 Å². The lowest BCUT2D eigenvalue weighted by atomic mass is 9.87. The summed E-state index contributed by atoms with van der Waals surface area (Å²) in [7, 11) is 0. The van der Waals surface area contributed by atoms with Gasteiger partial charge < -0.3 is 0 Å². The van der Waals surface area contributed by atoms with E-state index in [-0.39, 0.29) is 0 Å². The van der Waals surface area contributed by atoms with Gasteiger partial charge in [0.25, 0.3) is 0 Å². The smallest absolute Gasteiger partial charge is 0.164 e. The quantitative estimate of drug-likeness (QED) is 0.143. The summed E-state index contributed by atoms with van der Waals surface area (Å²) in [5, 5.41) is 10.0. The molecule has 0 spiro atoms. The lowest BCUT2D eigenvalue weighted by molar-refractivity contribution is 1.07. The van der Waals surface area contributed by atoms with Crippen molar-refractivity contribution < 1.29 is 0 Å². The van der Waals surface area contributed by atoms with Crippen LogP contribution in [0.25, 0.3) is 102 Å². The lowest BCUT2D eigenvalue weighted by Gasteiger charge is -2.18. The van der Waals surface area contributed by atoms with Crippen molar-refractivity contribution in [3.05, 3.63) is 218 Å². The van der Waals surface area contributed by atoms with Gasteiger partial charge in [-0.05, 0) is 51.6 Å². The van der Waals surface area contributed by atoms with Gasteiger partial charge in [-0.3, -0.25) is 0 Å². The molecule has 10 rings (SSSR count). The molecule has 0 aliphatic heterocycles. The van der Waals surface area contributed by atoms with E-state index in [1.54, 1.807) is 0 Å². The summed E-state index contributed by atoms with van der Waals surface area (Å²) >= 11 is 0. The fraction of sp³-hybridized carbons (Fsp3) is 0. The number of hydrogen-bond acceptors (Lipinski definition) is 7. The first-order chi connectivity index (χ1) is 30.7. The summed E-state index contributed by atoms with van der Waals surface area (Å²) in [5.41, 5.74) is 11.5. The third-order valence-corrected chi connectivity index (χ3v) is 10.7. The van der Waals surface area contributed by atoms with Crippen LogP contribution in [0.15, 0.2) is 212 Å². The van der Waals surface area contributed by atoms with Crippen molar-refractivity contribution in [3.8, 4) is 108 Å². The van der Waals surface area contributed by atoms with Gasteiger partial charge in [0.2, 0.25) is 0 Å². The molecular weight excluding hydrogens is 759 g/mol. The lowest BCUT2D eigenvalue weighted by Crippen LogP contribution is -2.01. The second-order valence-electron chi connectivity index (χ2n) is 14.6. The summed E-state index contributed by atoms with van der Waals surface area (Å²) in [4.78, 5) is 30.2. The van der Waals surface area contributed by atoms with Crippen molar-refractivity contribution >= 4 is 0 Å². The van der Waals surface area contributed by atoms with Crippen LogP contribution in [0, 0.1) is 11.3 Å². The standard InChI is InChI=1S/C55H35N7/c56-36-37-18-17-27-42(34-37)49-35-43(44-28-13-15-30-47(44)54-59-50(38-19-5-1-6-20-38)57-51(60-54)39-21-7-2-8-22-39)32-33-46(49)45-29-14-16-31-48(45)55-61-52(40-23-9-3-10-24-40)58-53(62-55)41-25-11-4-12-26-41/h1-35H. The number of hydrogen-bond donors (Lipinski definition) is 0. The van der Waals surface area contributed by atoms with Gasteiger partial charge in [0.1, 0.15) is 0 Å². The predicted octanol–water partition coefficient (Wildman–Crippen LogP) is 12.9. The monoisotopic (exact) mass is 793 g/mol. The number of benzene rings is 8. The van der Waals surface area contributed by atoms with Gasteiger partial charge in [0, 0.05) is 33.4 Å². The molecule has 0 unspecified atom stereocenters. The zero-order chi connectivity index (χ0) is 41.7. The molecule has 7 heteroatoms. The van der Waals surface area contributed by atoms with Crippen molar-refractivity contribution in [2.45, 2.75) is 0 Å². The first-order valence-corrected chi connectivity index (χ1v) is 20.3. The maximum absolute atomic E-state index is 10.0. The van der Waals surface area contributed by atoms with Crippen LogP contribution in [0.5, 0.6) is 0 Å². The summed E-state index contributed by atoms with van der Waals surface area (Å²) in [6.07, 6.45) is 0. The molecule has 290 valence electrons. The minimum absolute atomic E-state index is 0.553. The molecule has 0 radical (unpaired) electrons. The number of aromatic nitrogens is 6. The molecule has 0 aliphatic rings. The Morgan fingerprint density at radius 3 is 1.03 bits per heavy atom. The van der Waals surface area contributed by atoms with Crippen molar-refractivity contribution in [2.24, 2.45) is 0 Å². The zero-order valence-corrected chi connectivity index (χ0v) is 33.3. The highest BCUT2D eigenvalue weighted by Crippen LogP contribution is 2.42. The van der Waals surface area contributed by atoms with Crippen LogP contribution in [-0.4, -0.2) is 29.9 Å². The normalized spacial score (nSPS) is 10.9. The van der Waals surface area contributed by atoms with E-state index in [1.807, 2.05) is 170 Å². The Kier molecular flexibility index (Phi) is 10.2. The fourth-order valence-corrected chi connectivity index (χ4v) is 7.64. The van der Waals surface area contributed by atoms with E-state index in [0.29, 0.717) is 40.5 Å². The highest BCUT2D eigenvalue weighted by molar-refractivity contribution is 5.94. The molecule has 8 aromatic carbocycles. The molecule has 0 saturated carbocycles. The highest BCUT2D eigenvalue weighted by Gasteiger charge is 2.20. The largest absolute Gasteiger partial charge is 0.208 e. The summed E-state index contributed by atoms with van der Waals surface area (Å²) < 4.78 is 0. The molecule has 0 aliphatic carbocycles. The van der Waals surface area contributed by atoms with Gasteiger partial charge >= 0.3 is 0 Å². The molecule has 0 amide bonds. The maximum Gasteiger partial charge on any atom is 0.164 e. The first kappa shape index (κ1) is 37.5. The molecule has 0 atom stereocenters. The summed E-state index contributed by atoms with van der Waals surface area (Å²) in [6.45, 7) is 0. The minimum Gasteiger partial charge on any atom is -0.208 e. The van der Waals surface area contributed by atoms with Crippen LogP contribution in [-0.2, 0) is 0 Å². The van der Waals surface area contributed by atoms with Crippen molar-refractivity contribution in [3.63, 3.8) is 0 Å². The number of nitrogens with zero attached hydrogens (tertiary/aromatic N) is 7. The van der Waals surface area contributed by atoms with Gasteiger partial charge in [-0.25, -0.2) is 29.9 Å². The minimum atomic E-state index is 0.553. The Hall–Kier alpha value is -8.73. The van der Waals surface area contributed by atoms with Gasteiger partial charge in [-0.1, -0.05) is 194 Å². The molecule has 2 heterocycles. The molecular formula is C55H35N7. The van der Waals surface area contributed by atoms with Crippen LogP contribution in [0.3, 0.4) is 0 Å². The van der Waals surface area contributed by atoms with Crippen molar-refractivity contribution in [1.82, 2.24) is 29.9 Å². The van der Waals surface area contributed by atoms with Gasteiger partial charge in [0.05, 0.1) is 11.6 Å². The summed E-state index contributed by atoms with van der Waals surface area (Å²) in [5.74, 6) is 3.47. The van der Waals surface area contributed by atoms with E-state index in [2.05, 4.69) is 48.5 Å². The molecule has 2 aromatic heterocycles. The average Bonchev–Trinajstić information content (AvgIpc) is 3.37. The molecule has 7 nitrogen and oxygen atoms in total. The Balaban J connectivity index is 1.16. The number of nitriles is 1. The molecule has 0 bridgehead atoms. The Morgan fingerprint density at radius 1 is 0.242 bits per heavy atom. The fourth-order valence-electron chi connectivity index (χ4n) is 7.64. The second-order valence-corrected chi connectivity index (χ2v) is 14.6. The van der Waals surface area contributed by atoms with E-state index in [9.17, 15) is 5.26 Å². The first-order valence-electron chi connectivity index (χ1n) is 20.3. The van der Waals surface area contributed by atoms with E-state index in [1.165, 1.54) is 0 Å². The zero-order valence-electron chi connectivity index (χ0n) is 33.3. The van der Waals surface area contributed by atoms with Crippen LogP contribution < -0.4 is 0 Å². The molecule has 0 saturated heterocycles. The van der Waals surface area contributed by atoms with Crippen LogP contribution in [0.4, 0.5) is 0 Å². The third kappa shape index (κ3) is 7.63. The van der Waals surface area contributed by atoms with Crippen LogP contribution in [0.2, 0.25) is 0 Å². The van der Waals surface area contributed by atoms with E-state index in [4.69, 9.17) is 29.9 Å². The van der Waals surface area contributed by atoms with Gasteiger partial charge in [0.15, 0.2) is 34.9 Å². The molecule has 62 heavy (non-hydrogen) atoms. The van der Waals surface area contributed by atoms with Crippen molar-refractivity contribution in [2.75, 3.05) is 0 Å². The molecule has 0 fully saturated rings. The third-order valence-electron chi connectivity index (χ3n) is 10.7. The molecule has 10 aromatic rings. The molecule has 0 N–H and O–H groups in total. The Morgan fingerprint density at radius 2 is 0.581 bits per heavy atom. The SMILES string of the molecule is N#Cc1cccc(-c2cc(-c3ccccc3-c3nc(-c4ccccc4)nc(-c4ccccc4)n3)ccc2-c2ccccc2-c2nc(-c3ccccc3)nc(-c3ccccc3)n2)c1. The maximum atomic E-state index is 10.0. The van der Waals surface area contributed by atoms with E-state index in [0.717, 1.165) is 66.8 Å². The highest BCUT2D eigenvalue weighted by atomic mass is 15.0. The van der Waals surface area contributed by atoms with Crippen molar-refractivity contribution in [1.29, 1.82) is 5.26 Å². The second kappa shape index (κ2) is 16.9. The number of rotatable bonds is 9. The Bertz CT molecular complexity index is 3120. The van der Waals surface area contributed by atoms with Gasteiger partial charge in [-0.15, -0.1) is 0 Å². The van der Waals surface area contributed by atoms with Crippen LogP contribution in [0.1, 0.15) is 5.56 Å².